The van der Waals surface area contributed by atoms with E-state index in [4.69, 9.17) is 11.1 Å². The van der Waals surface area contributed by atoms with Crippen molar-refractivity contribution in [2.75, 3.05) is 18.5 Å². The summed E-state index contributed by atoms with van der Waals surface area (Å²) in [4.78, 5) is 6.52. The molecule has 102 valence electrons. The monoisotopic (exact) mass is 258 g/mol. The van der Waals surface area contributed by atoms with Crippen molar-refractivity contribution in [3.8, 4) is 0 Å². The van der Waals surface area contributed by atoms with Gasteiger partial charge >= 0.3 is 0 Å². The smallest absolute Gasteiger partial charge is 0.141 e. The van der Waals surface area contributed by atoms with Gasteiger partial charge < -0.3 is 10.6 Å². The van der Waals surface area contributed by atoms with E-state index < -0.39 is 0 Å². The van der Waals surface area contributed by atoms with Crippen LogP contribution in [0.2, 0.25) is 0 Å². The Hall–Kier alpha value is -1.58. The molecule has 2 aliphatic carbocycles. The fourth-order valence-electron chi connectivity index (χ4n) is 3.83. The van der Waals surface area contributed by atoms with E-state index in [-0.39, 0.29) is 5.84 Å². The number of fused-ring (bicyclic) bond motifs is 2. The summed E-state index contributed by atoms with van der Waals surface area (Å²) in [6.07, 6.45) is 7.59. The van der Waals surface area contributed by atoms with Crippen LogP contribution in [-0.4, -0.2) is 24.4 Å². The number of nitrogens with one attached hydrogen (secondary N) is 1. The number of amidine groups is 1. The third-order valence-corrected chi connectivity index (χ3v) is 4.86. The molecule has 1 aromatic rings. The molecule has 1 aromatic heterocycles. The molecule has 0 aromatic carbocycles. The molecule has 4 nitrogen and oxygen atoms in total. The van der Waals surface area contributed by atoms with E-state index in [1.807, 2.05) is 18.3 Å². The number of hydrogen-bond donors (Lipinski definition) is 2. The number of nitrogens with zero attached hydrogens (tertiary/aromatic N) is 2. The topological polar surface area (TPSA) is 66.0 Å². The van der Waals surface area contributed by atoms with Gasteiger partial charge in [0.25, 0.3) is 0 Å². The summed E-state index contributed by atoms with van der Waals surface area (Å²) < 4.78 is 0. The number of rotatable bonds is 4. The minimum absolute atomic E-state index is 0.0299. The van der Waals surface area contributed by atoms with Crippen LogP contribution in [0.1, 0.15) is 31.4 Å². The van der Waals surface area contributed by atoms with E-state index in [9.17, 15) is 0 Å². The number of nitrogen functional groups attached to an aromatic ring is 1. The first-order chi connectivity index (χ1) is 9.13. The average molecular weight is 258 g/mol. The molecular weight excluding hydrogens is 236 g/mol. The highest BCUT2D eigenvalue weighted by Gasteiger charge is 2.39. The lowest BCUT2D eigenvalue weighted by Crippen LogP contribution is -2.28. The van der Waals surface area contributed by atoms with Crippen LogP contribution in [0, 0.1) is 23.2 Å². The molecule has 0 radical (unpaired) electrons. The number of pyridine rings is 1. The van der Waals surface area contributed by atoms with Crippen LogP contribution in [0.15, 0.2) is 18.3 Å². The van der Waals surface area contributed by atoms with Gasteiger partial charge in [-0.25, -0.2) is 0 Å². The van der Waals surface area contributed by atoms with Crippen molar-refractivity contribution in [1.29, 1.82) is 5.41 Å². The summed E-state index contributed by atoms with van der Waals surface area (Å²) in [6.45, 7) is 1.13. The van der Waals surface area contributed by atoms with Crippen LogP contribution >= 0.6 is 0 Å². The Bertz CT molecular complexity index is 468. The number of hydrogen-bond acceptors (Lipinski definition) is 3. The maximum Gasteiger partial charge on any atom is 0.141 e. The molecule has 2 bridgehead atoms. The first-order valence-electron chi connectivity index (χ1n) is 7.15. The Labute approximate surface area is 114 Å². The Morgan fingerprint density at radius 1 is 1.42 bits per heavy atom. The summed E-state index contributed by atoms with van der Waals surface area (Å²) in [5.74, 6) is 2.84. The summed E-state index contributed by atoms with van der Waals surface area (Å²) >= 11 is 0. The van der Waals surface area contributed by atoms with Gasteiger partial charge in [0.15, 0.2) is 0 Å². The molecule has 2 fully saturated rings. The highest BCUT2D eigenvalue weighted by molar-refractivity contribution is 5.93. The third-order valence-electron chi connectivity index (χ3n) is 4.86. The van der Waals surface area contributed by atoms with Gasteiger partial charge in [0.1, 0.15) is 11.5 Å². The average Bonchev–Trinajstić information content (AvgIpc) is 3.01. The fraction of sp³-hybridized carbons (Fsp3) is 0.600. The Morgan fingerprint density at radius 2 is 2.26 bits per heavy atom. The minimum atomic E-state index is 0.0299. The second-order valence-electron chi connectivity index (χ2n) is 6.13. The largest absolute Gasteiger partial charge is 0.382 e. The van der Waals surface area contributed by atoms with Crippen molar-refractivity contribution in [2.24, 2.45) is 23.5 Å². The second-order valence-corrected chi connectivity index (χ2v) is 6.13. The number of anilines is 1. The Balaban J connectivity index is 1.63. The Morgan fingerprint density at radius 3 is 2.79 bits per heavy atom. The molecule has 3 rings (SSSR count). The predicted molar refractivity (Wildman–Crippen MR) is 77.5 cm³/mol. The van der Waals surface area contributed by atoms with E-state index in [1.165, 1.54) is 25.7 Å². The van der Waals surface area contributed by atoms with E-state index in [1.54, 1.807) is 0 Å². The highest BCUT2D eigenvalue weighted by atomic mass is 15.1. The van der Waals surface area contributed by atoms with Gasteiger partial charge in [-0.15, -0.1) is 0 Å². The number of nitrogens with two attached hydrogens (primary N) is 1. The molecule has 1 heterocycles. The first kappa shape index (κ1) is 12.5. The maximum atomic E-state index is 7.35. The van der Waals surface area contributed by atoms with E-state index in [0.717, 1.165) is 30.0 Å². The van der Waals surface area contributed by atoms with Crippen LogP contribution in [-0.2, 0) is 0 Å². The normalized spacial score (nSPS) is 28.6. The van der Waals surface area contributed by atoms with Crippen LogP contribution in [0.4, 0.5) is 5.69 Å². The molecule has 3 atom stereocenters. The SMILES string of the molecule is CN(CC1CC2CCC1C2)c1ccc(C(=N)N)nc1. The van der Waals surface area contributed by atoms with Crippen molar-refractivity contribution in [3.05, 3.63) is 24.0 Å². The van der Waals surface area contributed by atoms with Crippen molar-refractivity contribution in [3.63, 3.8) is 0 Å². The molecule has 0 aliphatic heterocycles. The standard InChI is InChI=1S/C15H22N4/c1-19(9-12-7-10-2-3-11(12)6-10)13-4-5-14(15(16)17)18-8-13/h4-5,8,10-12H,2-3,6-7,9H2,1H3,(H3,16,17). The van der Waals surface area contributed by atoms with Crippen molar-refractivity contribution >= 4 is 11.5 Å². The van der Waals surface area contributed by atoms with Gasteiger partial charge in [-0.1, -0.05) is 6.42 Å². The lowest BCUT2D eigenvalue weighted by atomic mass is 9.88. The zero-order valence-electron chi connectivity index (χ0n) is 11.5. The third kappa shape index (κ3) is 2.44. The highest BCUT2D eigenvalue weighted by Crippen LogP contribution is 2.48. The van der Waals surface area contributed by atoms with Gasteiger partial charge in [-0.3, -0.25) is 10.4 Å². The molecule has 4 heteroatoms. The van der Waals surface area contributed by atoms with Crippen molar-refractivity contribution < 1.29 is 0 Å². The molecule has 0 saturated heterocycles. The van der Waals surface area contributed by atoms with Gasteiger partial charge in [-0.05, 0) is 49.1 Å². The van der Waals surface area contributed by atoms with Gasteiger partial charge in [0.2, 0.25) is 0 Å². The van der Waals surface area contributed by atoms with Crippen LogP contribution in [0.5, 0.6) is 0 Å². The first-order valence-corrected chi connectivity index (χ1v) is 7.15. The quantitative estimate of drug-likeness (QED) is 0.643. The second kappa shape index (κ2) is 4.83. The van der Waals surface area contributed by atoms with Crippen LogP contribution < -0.4 is 10.6 Å². The van der Waals surface area contributed by atoms with Gasteiger partial charge in [0.05, 0.1) is 11.9 Å². The minimum Gasteiger partial charge on any atom is -0.382 e. The van der Waals surface area contributed by atoms with Crippen molar-refractivity contribution in [2.45, 2.75) is 25.7 Å². The predicted octanol–water partition coefficient (Wildman–Crippen LogP) is 2.24. The molecule has 19 heavy (non-hydrogen) atoms. The molecule has 3 N–H and O–H groups in total. The van der Waals surface area contributed by atoms with Crippen LogP contribution in [0.3, 0.4) is 0 Å². The molecule has 0 spiro atoms. The summed E-state index contributed by atoms with van der Waals surface area (Å²) in [6, 6.07) is 3.84. The summed E-state index contributed by atoms with van der Waals surface area (Å²) in [5.41, 5.74) is 7.09. The maximum absolute atomic E-state index is 7.35. The molecular formula is C15H22N4. The van der Waals surface area contributed by atoms with E-state index in [2.05, 4.69) is 16.9 Å². The summed E-state index contributed by atoms with van der Waals surface area (Å²) in [5, 5.41) is 7.35. The molecule has 2 saturated carbocycles. The Kier molecular flexibility index (Phi) is 3.17. The summed E-state index contributed by atoms with van der Waals surface area (Å²) in [7, 11) is 2.14. The lowest BCUT2D eigenvalue weighted by Gasteiger charge is -2.28. The molecule has 0 amide bonds. The van der Waals surface area contributed by atoms with E-state index >= 15 is 0 Å². The molecule has 2 aliphatic rings. The fourth-order valence-corrected chi connectivity index (χ4v) is 3.83. The zero-order chi connectivity index (χ0) is 13.4. The van der Waals surface area contributed by atoms with Crippen molar-refractivity contribution in [1.82, 2.24) is 4.98 Å². The lowest BCUT2D eigenvalue weighted by molar-refractivity contribution is 0.337. The van der Waals surface area contributed by atoms with Gasteiger partial charge in [0, 0.05) is 13.6 Å². The zero-order valence-corrected chi connectivity index (χ0v) is 11.5. The van der Waals surface area contributed by atoms with Crippen LogP contribution in [0.25, 0.3) is 0 Å². The van der Waals surface area contributed by atoms with Gasteiger partial charge in [-0.2, -0.15) is 0 Å². The molecule has 3 unspecified atom stereocenters. The van der Waals surface area contributed by atoms with E-state index in [0.29, 0.717) is 5.69 Å². The number of aromatic nitrogens is 1.